The molecule has 3 unspecified atom stereocenters. The van der Waals surface area contributed by atoms with Gasteiger partial charge in [0.05, 0.1) is 0 Å². The van der Waals surface area contributed by atoms with Gasteiger partial charge in [0, 0.05) is 6.04 Å². The Labute approximate surface area is 101 Å². The van der Waals surface area contributed by atoms with Crippen LogP contribution in [0.2, 0.25) is 0 Å². The van der Waals surface area contributed by atoms with Crippen LogP contribution in [-0.2, 0) is 4.79 Å². The second-order valence-corrected chi connectivity index (χ2v) is 4.60. The molecule has 1 aliphatic heterocycles. The summed E-state index contributed by atoms with van der Waals surface area (Å²) in [7, 11) is 0. The average Bonchev–Trinajstić information content (AvgIpc) is 3.00. The Balaban J connectivity index is 1.87. The topological polar surface area (TPSA) is 71.8 Å². The number of carbonyl (C=O) groups is 1. The Hall–Kier alpha value is -1.43. The van der Waals surface area contributed by atoms with Gasteiger partial charge in [-0.1, -0.05) is 0 Å². The maximum atomic E-state index is 12.0. The van der Waals surface area contributed by atoms with Crippen molar-refractivity contribution in [1.82, 2.24) is 25.4 Å². The van der Waals surface area contributed by atoms with Crippen molar-refractivity contribution in [2.75, 3.05) is 13.1 Å². The van der Waals surface area contributed by atoms with E-state index in [4.69, 9.17) is 0 Å². The van der Waals surface area contributed by atoms with Crippen molar-refractivity contribution in [1.29, 1.82) is 0 Å². The third-order valence-electron chi connectivity index (χ3n) is 3.39. The molecule has 1 saturated heterocycles. The molecule has 3 atom stereocenters. The number of nitrogens with zero attached hydrogens (tertiary/aromatic N) is 3. The highest BCUT2D eigenvalue weighted by molar-refractivity contribution is 5.80. The molecular formula is C11H19N5O. The molecule has 94 valence electrons. The largest absolute Gasteiger partial charge is 0.351 e. The van der Waals surface area contributed by atoms with Crippen LogP contribution in [0.3, 0.4) is 0 Å². The smallest absolute Gasteiger partial charge is 0.244 e. The second kappa shape index (κ2) is 5.27. The Morgan fingerprint density at radius 1 is 1.59 bits per heavy atom. The predicted molar refractivity (Wildman–Crippen MR) is 63.3 cm³/mol. The summed E-state index contributed by atoms with van der Waals surface area (Å²) in [5, 5.41) is 10.3. The summed E-state index contributed by atoms with van der Waals surface area (Å²) >= 11 is 0. The minimum Gasteiger partial charge on any atom is -0.351 e. The Morgan fingerprint density at radius 2 is 2.41 bits per heavy atom. The summed E-state index contributed by atoms with van der Waals surface area (Å²) < 4.78 is 1.56. The first-order valence-corrected chi connectivity index (χ1v) is 6.03. The van der Waals surface area contributed by atoms with Crippen molar-refractivity contribution < 1.29 is 4.79 Å². The third kappa shape index (κ3) is 2.82. The molecule has 1 aromatic rings. The van der Waals surface area contributed by atoms with E-state index >= 15 is 0 Å². The van der Waals surface area contributed by atoms with Gasteiger partial charge in [0.1, 0.15) is 18.7 Å². The summed E-state index contributed by atoms with van der Waals surface area (Å²) in [6.07, 6.45) is 4.12. The fourth-order valence-corrected chi connectivity index (χ4v) is 2.10. The van der Waals surface area contributed by atoms with E-state index in [-0.39, 0.29) is 18.0 Å². The SMILES string of the molecule is CC(NC(=O)C(C)n1cncn1)C1CCNC1. The fraction of sp³-hybridized carbons (Fsp3) is 0.727. The number of rotatable bonds is 4. The predicted octanol–water partition coefficient (Wildman–Crippen LogP) is -0.0467. The molecule has 1 fully saturated rings. The van der Waals surface area contributed by atoms with Crippen LogP contribution in [0, 0.1) is 5.92 Å². The van der Waals surface area contributed by atoms with Crippen LogP contribution in [0.25, 0.3) is 0 Å². The van der Waals surface area contributed by atoms with Crippen LogP contribution in [0.1, 0.15) is 26.3 Å². The molecule has 0 bridgehead atoms. The lowest BCUT2D eigenvalue weighted by Crippen LogP contribution is -2.42. The summed E-state index contributed by atoms with van der Waals surface area (Å²) in [6.45, 7) is 5.91. The number of hydrogen-bond donors (Lipinski definition) is 2. The third-order valence-corrected chi connectivity index (χ3v) is 3.39. The zero-order valence-electron chi connectivity index (χ0n) is 10.3. The highest BCUT2D eigenvalue weighted by atomic mass is 16.2. The van der Waals surface area contributed by atoms with E-state index in [0.717, 1.165) is 19.5 Å². The Bertz CT molecular complexity index is 358. The van der Waals surface area contributed by atoms with Gasteiger partial charge < -0.3 is 10.6 Å². The monoisotopic (exact) mass is 237 g/mol. The van der Waals surface area contributed by atoms with Crippen LogP contribution in [0.15, 0.2) is 12.7 Å². The molecule has 2 heterocycles. The summed E-state index contributed by atoms with van der Waals surface area (Å²) in [5.74, 6) is 0.525. The van der Waals surface area contributed by atoms with Crippen LogP contribution in [0.4, 0.5) is 0 Å². The highest BCUT2D eigenvalue weighted by Crippen LogP contribution is 2.13. The average molecular weight is 237 g/mol. The lowest BCUT2D eigenvalue weighted by atomic mass is 10.0. The molecule has 0 aliphatic carbocycles. The van der Waals surface area contributed by atoms with Gasteiger partial charge >= 0.3 is 0 Å². The van der Waals surface area contributed by atoms with Crippen molar-refractivity contribution in [2.24, 2.45) is 5.92 Å². The zero-order valence-corrected chi connectivity index (χ0v) is 10.3. The maximum Gasteiger partial charge on any atom is 0.244 e. The summed E-state index contributed by atoms with van der Waals surface area (Å²) in [6, 6.07) is -0.113. The first-order valence-electron chi connectivity index (χ1n) is 6.03. The van der Waals surface area contributed by atoms with Crippen LogP contribution in [-0.4, -0.2) is 39.8 Å². The maximum absolute atomic E-state index is 12.0. The highest BCUT2D eigenvalue weighted by Gasteiger charge is 2.24. The van der Waals surface area contributed by atoms with Gasteiger partial charge in [-0.3, -0.25) is 4.79 Å². The van der Waals surface area contributed by atoms with Crippen LogP contribution >= 0.6 is 0 Å². The van der Waals surface area contributed by atoms with Gasteiger partial charge in [0.25, 0.3) is 0 Å². The molecule has 0 radical (unpaired) electrons. The Morgan fingerprint density at radius 3 is 3.00 bits per heavy atom. The van der Waals surface area contributed by atoms with Crippen molar-refractivity contribution in [3.05, 3.63) is 12.7 Å². The summed E-state index contributed by atoms with van der Waals surface area (Å²) in [5.41, 5.74) is 0. The molecule has 1 aromatic heterocycles. The van der Waals surface area contributed by atoms with Gasteiger partial charge in [0.2, 0.25) is 5.91 Å². The molecule has 0 spiro atoms. The second-order valence-electron chi connectivity index (χ2n) is 4.60. The molecule has 6 heteroatoms. The number of carbonyl (C=O) groups excluding carboxylic acids is 1. The molecule has 17 heavy (non-hydrogen) atoms. The van der Waals surface area contributed by atoms with E-state index < -0.39 is 0 Å². The van der Waals surface area contributed by atoms with E-state index in [1.54, 1.807) is 11.0 Å². The van der Waals surface area contributed by atoms with Gasteiger partial charge in [-0.2, -0.15) is 5.10 Å². The molecule has 6 nitrogen and oxygen atoms in total. The first-order chi connectivity index (χ1) is 8.18. The van der Waals surface area contributed by atoms with Crippen LogP contribution in [0.5, 0.6) is 0 Å². The quantitative estimate of drug-likeness (QED) is 0.770. The number of nitrogens with one attached hydrogen (secondary N) is 2. The van der Waals surface area contributed by atoms with Gasteiger partial charge in [-0.05, 0) is 39.3 Å². The van der Waals surface area contributed by atoms with E-state index in [1.807, 2.05) is 6.92 Å². The van der Waals surface area contributed by atoms with Crippen molar-refractivity contribution in [3.63, 3.8) is 0 Å². The first kappa shape index (κ1) is 12.0. The fourth-order valence-electron chi connectivity index (χ4n) is 2.10. The molecular weight excluding hydrogens is 218 g/mol. The molecule has 2 N–H and O–H groups in total. The van der Waals surface area contributed by atoms with E-state index in [1.165, 1.54) is 6.33 Å². The van der Waals surface area contributed by atoms with Gasteiger partial charge in [-0.25, -0.2) is 9.67 Å². The molecule has 1 amide bonds. The number of hydrogen-bond acceptors (Lipinski definition) is 4. The standard InChI is InChI=1S/C11H19N5O/c1-8(10-3-4-12-5-10)15-11(17)9(2)16-7-13-6-14-16/h6-10,12H,3-5H2,1-2H3,(H,15,17). The van der Waals surface area contributed by atoms with Crippen molar-refractivity contribution >= 4 is 5.91 Å². The lowest BCUT2D eigenvalue weighted by Gasteiger charge is -2.22. The van der Waals surface area contributed by atoms with E-state index in [9.17, 15) is 4.79 Å². The van der Waals surface area contributed by atoms with Crippen LogP contribution < -0.4 is 10.6 Å². The van der Waals surface area contributed by atoms with Crippen molar-refractivity contribution in [3.8, 4) is 0 Å². The minimum atomic E-state index is -0.311. The molecule has 2 rings (SSSR count). The molecule has 0 aromatic carbocycles. The van der Waals surface area contributed by atoms with Gasteiger partial charge in [0.15, 0.2) is 0 Å². The number of aromatic nitrogens is 3. The van der Waals surface area contributed by atoms with E-state index in [0.29, 0.717) is 5.92 Å². The van der Waals surface area contributed by atoms with Crippen molar-refractivity contribution in [2.45, 2.75) is 32.4 Å². The summed E-state index contributed by atoms with van der Waals surface area (Å²) in [4.78, 5) is 15.8. The Kier molecular flexibility index (Phi) is 3.73. The van der Waals surface area contributed by atoms with Gasteiger partial charge in [-0.15, -0.1) is 0 Å². The molecule has 1 aliphatic rings. The number of amides is 1. The molecule has 0 saturated carbocycles. The zero-order chi connectivity index (χ0) is 12.3. The minimum absolute atomic E-state index is 0.00472. The lowest BCUT2D eigenvalue weighted by molar-refractivity contribution is -0.125. The van der Waals surface area contributed by atoms with E-state index in [2.05, 4.69) is 27.6 Å². The normalized spacial score (nSPS) is 23.3.